The lowest BCUT2D eigenvalue weighted by atomic mass is 9.79. The fraction of sp³-hybridized carbons (Fsp3) is 0.217. The number of hydrogen-bond acceptors (Lipinski definition) is 5. The predicted octanol–water partition coefficient (Wildman–Crippen LogP) is 4.59. The monoisotopic (exact) mass is 453 g/mol. The lowest BCUT2D eigenvalue weighted by Gasteiger charge is -2.30. The van der Waals surface area contributed by atoms with Crippen molar-refractivity contribution in [1.82, 2.24) is 5.32 Å². The lowest BCUT2D eigenvalue weighted by Crippen LogP contribution is -2.29. The van der Waals surface area contributed by atoms with E-state index in [1.54, 1.807) is 14.0 Å². The van der Waals surface area contributed by atoms with E-state index in [4.69, 9.17) is 9.47 Å². The largest absolute Gasteiger partial charge is 0.496 e. The number of methoxy groups -OCH3 is 1. The molecule has 4 rings (SSSR count). The van der Waals surface area contributed by atoms with E-state index in [1.807, 2.05) is 49.4 Å². The van der Waals surface area contributed by atoms with Gasteiger partial charge in [-0.1, -0.05) is 40.2 Å². The Morgan fingerprint density at radius 1 is 1.17 bits per heavy atom. The molecule has 1 heterocycles. The summed E-state index contributed by atoms with van der Waals surface area (Å²) in [5.74, 6) is -0.535. The van der Waals surface area contributed by atoms with Gasteiger partial charge in [0.25, 0.3) is 0 Å². The molecule has 0 amide bonds. The molecule has 2 aromatic rings. The van der Waals surface area contributed by atoms with Crippen molar-refractivity contribution in [2.75, 3.05) is 13.7 Å². The average molecular weight is 454 g/mol. The van der Waals surface area contributed by atoms with E-state index in [2.05, 4.69) is 21.2 Å². The highest BCUT2D eigenvalue weighted by molar-refractivity contribution is 9.10. The summed E-state index contributed by atoms with van der Waals surface area (Å²) in [6.07, 6.45) is 0. The molecule has 0 unspecified atom stereocenters. The number of fused-ring (bicyclic) bond motifs is 2. The second-order valence-electron chi connectivity index (χ2n) is 6.87. The fourth-order valence-corrected chi connectivity index (χ4v) is 4.43. The standard InChI is InChI=1S/C23H20BrNO4/c1-4-29-23(27)18-12(2)25-21-14-7-5-6-8-15(14)22(26)20(21)19(18)16-11-13(24)9-10-17(16)28-3/h5-11,19,25H,4H2,1-3H3/t19-/m0/s1. The summed E-state index contributed by atoms with van der Waals surface area (Å²) in [6, 6.07) is 13.1. The normalized spacial score (nSPS) is 17.7. The number of dihydropyridines is 1. The summed E-state index contributed by atoms with van der Waals surface area (Å²) >= 11 is 3.51. The molecule has 2 aliphatic rings. The Labute approximate surface area is 177 Å². The topological polar surface area (TPSA) is 64.6 Å². The van der Waals surface area contributed by atoms with Crippen LogP contribution >= 0.6 is 15.9 Å². The van der Waals surface area contributed by atoms with Crippen LogP contribution in [0.2, 0.25) is 0 Å². The van der Waals surface area contributed by atoms with E-state index in [0.717, 1.165) is 21.3 Å². The van der Waals surface area contributed by atoms with Crippen LogP contribution in [0.4, 0.5) is 0 Å². The molecule has 1 aliphatic carbocycles. The van der Waals surface area contributed by atoms with E-state index in [9.17, 15) is 9.59 Å². The Morgan fingerprint density at radius 2 is 1.90 bits per heavy atom. The third-order valence-corrected chi connectivity index (χ3v) is 5.74. The van der Waals surface area contributed by atoms with Gasteiger partial charge in [-0.05, 0) is 32.0 Å². The summed E-state index contributed by atoms with van der Waals surface area (Å²) < 4.78 is 11.8. The second-order valence-corrected chi connectivity index (χ2v) is 7.78. The molecule has 0 bridgehead atoms. The van der Waals surface area contributed by atoms with Crippen molar-refractivity contribution in [2.24, 2.45) is 0 Å². The van der Waals surface area contributed by atoms with Crippen molar-refractivity contribution >= 4 is 33.4 Å². The zero-order valence-electron chi connectivity index (χ0n) is 16.3. The molecule has 1 aliphatic heterocycles. The number of Topliss-reactive ketones (excluding diaryl/α,β-unsaturated/α-hetero) is 1. The average Bonchev–Trinajstić information content (AvgIpc) is 2.99. The molecule has 0 aromatic heterocycles. The number of halogens is 1. The zero-order chi connectivity index (χ0) is 20.7. The first kappa shape index (κ1) is 19.5. The maximum absolute atomic E-state index is 13.4. The number of hydrogen-bond donors (Lipinski definition) is 1. The van der Waals surface area contributed by atoms with Crippen molar-refractivity contribution < 1.29 is 19.1 Å². The van der Waals surface area contributed by atoms with Gasteiger partial charge in [0, 0.05) is 32.4 Å². The molecule has 0 fully saturated rings. The van der Waals surface area contributed by atoms with Gasteiger partial charge in [0.1, 0.15) is 5.75 Å². The van der Waals surface area contributed by atoms with Crippen molar-refractivity contribution in [1.29, 1.82) is 0 Å². The minimum atomic E-state index is -0.599. The second kappa shape index (κ2) is 7.52. The fourth-order valence-electron chi connectivity index (χ4n) is 4.05. The minimum absolute atomic E-state index is 0.0931. The molecule has 0 radical (unpaired) electrons. The summed E-state index contributed by atoms with van der Waals surface area (Å²) in [7, 11) is 1.58. The SMILES string of the molecule is CCOC(=O)C1=C(C)NC2=C(C(=O)c3ccccc32)[C@H]1c1cc(Br)ccc1OC. The van der Waals surface area contributed by atoms with E-state index >= 15 is 0 Å². The molecular formula is C23H20BrNO4. The molecule has 0 saturated heterocycles. The molecular weight excluding hydrogens is 434 g/mol. The van der Waals surface area contributed by atoms with Gasteiger partial charge >= 0.3 is 5.97 Å². The molecule has 29 heavy (non-hydrogen) atoms. The van der Waals surface area contributed by atoms with Gasteiger partial charge in [-0.25, -0.2) is 4.79 Å². The van der Waals surface area contributed by atoms with Crippen LogP contribution < -0.4 is 10.1 Å². The number of rotatable bonds is 4. The van der Waals surface area contributed by atoms with Crippen LogP contribution in [0, 0.1) is 0 Å². The zero-order valence-corrected chi connectivity index (χ0v) is 17.9. The number of allylic oxidation sites excluding steroid dienone is 2. The number of ketones is 1. The predicted molar refractivity (Wildman–Crippen MR) is 114 cm³/mol. The number of ether oxygens (including phenoxy) is 2. The molecule has 148 valence electrons. The van der Waals surface area contributed by atoms with E-state index < -0.39 is 11.9 Å². The quantitative estimate of drug-likeness (QED) is 0.685. The van der Waals surface area contributed by atoms with Gasteiger partial charge in [-0.2, -0.15) is 0 Å². The van der Waals surface area contributed by atoms with Crippen LogP contribution in [0.25, 0.3) is 5.70 Å². The molecule has 1 atom stereocenters. The molecule has 6 heteroatoms. The Bertz CT molecular complexity index is 1100. The first-order valence-electron chi connectivity index (χ1n) is 9.34. The van der Waals surface area contributed by atoms with Crippen LogP contribution in [0.5, 0.6) is 5.75 Å². The number of carbonyl (C=O) groups excluding carboxylic acids is 2. The molecule has 1 N–H and O–H groups in total. The number of carbonyl (C=O) groups is 2. The van der Waals surface area contributed by atoms with E-state index in [0.29, 0.717) is 28.2 Å². The third-order valence-electron chi connectivity index (χ3n) is 5.25. The van der Waals surface area contributed by atoms with Crippen molar-refractivity contribution in [2.45, 2.75) is 19.8 Å². The lowest BCUT2D eigenvalue weighted by molar-refractivity contribution is -0.138. The maximum atomic E-state index is 13.4. The van der Waals surface area contributed by atoms with Crippen LogP contribution in [0.1, 0.15) is 41.3 Å². The summed E-state index contributed by atoms with van der Waals surface area (Å²) in [4.78, 5) is 26.3. The maximum Gasteiger partial charge on any atom is 0.336 e. The van der Waals surface area contributed by atoms with Crippen molar-refractivity contribution in [3.8, 4) is 5.75 Å². The van der Waals surface area contributed by atoms with Gasteiger partial charge in [0.05, 0.1) is 30.9 Å². The molecule has 0 spiro atoms. The molecule has 2 aromatic carbocycles. The number of esters is 1. The number of nitrogens with one attached hydrogen (secondary N) is 1. The van der Waals surface area contributed by atoms with E-state index in [1.165, 1.54) is 0 Å². The highest BCUT2D eigenvalue weighted by Gasteiger charge is 2.43. The first-order valence-corrected chi connectivity index (χ1v) is 10.1. The van der Waals surface area contributed by atoms with Gasteiger partial charge in [-0.3, -0.25) is 4.79 Å². The Hall–Kier alpha value is -2.86. The molecule has 0 saturated carbocycles. The third kappa shape index (κ3) is 3.08. The summed E-state index contributed by atoms with van der Waals surface area (Å²) in [6.45, 7) is 3.84. The smallest absolute Gasteiger partial charge is 0.336 e. The van der Waals surface area contributed by atoms with Crippen LogP contribution in [-0.4, -0.2) is 25.5 Å². The van der Waals surface area contributed by atoms with Crippen LogP contribution in [0.3, 0.4) is 0 Å². The first-order chi connectivity index (χ1) is 14.0. The Balaban J connectivity index is 1.99. The minimum Gasteiger partial charge on any atom is -0.496 e. The Kier molecular flexibility index (Phi) is 5.04. The summed E-state index contributed by atoms with van der Waals surface area (Å²) in [5.41, 5.74) is 4.57. The highest BCUT2D eigenvalue weighted by Crippen LogP contribution is 2.49. The summed E-state index contributed by atoms with van der Waals surface area (Å²) in [5, 5.41) is 3.29. The van der Waals surface area contributed by atoms with Gasteiger partial charge in [0.15, 0.2) is 5.78 Å². The van der Waals surface area contributed by atoms with Gasteiger partial charge in [0.2, 0.25) is 0 Å². The highest BCUT2D eigenvalue weighted by atomic mass is 79.9. The van der Waals surface area contributed by atoms with Gasteiger partial charge < -0.3 is 14.8 Å². The number of benzene rings is 2. The molecule has 5 nitrogen and oxygen atoms in total. The van der Waals surface area contributed by atoms with Crippen LogP contribution in [-0.2, 0) is 9.53 Å². The van der Waals surface area contributed by atoms with Crippen molar-refractivity contribution in [3.05, 3.63) is 80.5 Å². The van der Waals surface area contributed by atoms with E-state index in [-0.39, 0.29) is 12.4 Å². The van der Waals surface area contributed by atoms with Crippen LogP contribution in [0.15, 0.2) is 63.8 Å². The Morgan fingerprint density at radius 3 is 2.59 bits per heavy atom. The van der Waals surface area contributed by atoms with Crippen molar-refractivity contribution in [3.63, 3.8) is 0 Å². The van der Waals surface area contributed by atoms with Gasteiger partial charge in [-0.15, -0.1) is 0 Å².